The van der Waals surface area contributed by atoms with Crippen LogP contribution in [0.25, 0.3) is 0 Å². The van der Waals surface area contributed by atoms with Crippen molar-refractivity contribution in [3.63, 3.8) is 0 Å². The largest absolute Gasteiger partial charge is 0.293 e. The van der Waals surface area contributed by atoms with Crippen LogP contribution in [0.15, 0.2) is 22.7 Å². The minimum atomic E-state index is 0.0150. The molecule has 0 amide bonds. The molecule has 1 nitrogen and oxygen atoms in total. The van der Waals surface area contributed by atoms with Crippen molar-refractivity contribution in [3.8, 4) is 0 Å². The molecule has 0 bridgehead atoms. The third-order valence-electron chi connectivity index (χ3n) is 2.28. The van der Waals surface area contributed by atoms with Crippen LogP contribution in [-0.2, 0) is 6.42 Å². The maximum Gasteiger partial charge on any atom is 0.176 e. The van der Waals surface area contributed by atoms with Crippen LogP contribution in [0.3, 0.4) is 0 Å². The van der Waals surface area contributed by atoms with E-state index in [1.54, 1.807) is 0 Å². The van der Waals surface area contributed by atoms with Crippen molar-refractivity contribution in [2.24, 2.45) is 0 Å². The summed E-state index contributed by atoms with van der Waals surface area (Å²) in [5.41, 5.74) is 2.03. The summed E-state index contributed by atoms with van der Waals surface area (Å²) in [5.74, 6) is 0.216. The summed E-state index contributed by atoms with van der Waals surface area (Å²) in [6, 6.07) is 5.85. The Kier molecular flexibility index (Phi) is 5.00. The van der Waals surface area contributed by atoms with Crippen molar-refractivity contribution in [2.45, 2.75) is 31.5 Å². The second-order valence-electron chi connectivity index (χ2n) is 3.17. The molecule has 0 saturated carbocycles. The Balaban J connectivity index is 0.000000531. The van der Waals surface area contributed by atoms with E-state index in [9.17, 15) is 4.79 Å². The number of halogens is 2. The van der Waals surface area contributed by atoms with Crippen molar-refractivity contribution < 1.29 is 4.79 Å². The molecule has 3 heteroatoms. The molecule has 0 N–H and O–H groups in total. The van der Waals surface area contributed by atoms with Crippen LogP contribution in [-0.4, -0.2) is 10.6 Å². The zero-order valence-corrected chi connectivity index (χ0v) is 12.1. The zero-order valence-electron chi connectivity index (χ0n) is 8.89. The van der Waals surface area contributed by atoms with E-state index in [1.165, 1.54) is 0 Å². The standard InChI is InChI=1S/C10H8Br2O.C2H6/c11-7-2-3-8-6(5-7)1-4-9(12)10(8)13;1-2/h2-3,5,9H,1,4H2;1-2H3. The molecule has 1 atom stereocenters. The van der Waals surface area contributed by atoms with Gasteiger partial charge in [0, 0.05) is 10.0 Å². The smallest absolute Gasteiger partial charge is 0.176 e. The van der Waals surface area contributed by atoms with Gasteiger partial charge in [-0.05, 0) is 36.6 Å². The van der Waals surface area contributed by atoms with Crippen LogP contribution < -0.4 is 0 Å². The lowest BCUT2D eigenvalue weighted by Gasteiger charge is -2.18. The molecule has 0 aliphatic heterocycles. The number of rotatable bonds is 0. The number of hydrogen-bond acceptors (Lipinski definition) is 1. The number of alkyl halides is 1. The SMILES string of the molecule is CC.O=C1c2ccc(Br)cc2CCC1Br. The molecular weight excluding hydrogens is 320 g/mol. The average molecular weight is 334 g/mol. The fourth-order valence-corrected chi connectivity index (χ4v) is 2.48. The van der Waals surface area contributed by atoms with Crippen molar-refractivity contribution in [3.05, 3.63) is 33.8 Å². The Labute approximate surface area is 108 Å². The van der Waals surface area contributed by atoms with E-state index in [0.717, 1.165) is 28.4 Å². The number of aryl methyl sites for hydroxylation is 1. The van der Waals surface area contributed by atoms with Gasteiger partial charge in [-0.3, -0.25) is 4.79 Å². The predicted molar refractivity (Wildman–Crippen MR) is 70.9 cm³/mol. The Morgan fingerprint density at radius 2 is 2.00 bits per heavy atom. The van der Waals surface area contributed by atoms with Gasteiger partial charge in [-0.25, -0.2) is 0 Å². The Hall–Kier alpha value is -0.150. The number of hydrogen-bond donors (Lipinski definition) is 0. The molecule has 1 aliphatic rings. The van der Waals surface area contributed by atoms with E-state index in [-0.39, 0.29) is 10.6 Å². The Morgan fingerprint density at radius 1 is 1.33 bits per heavy atom. The van der Waals surface area contributed by atoms with Crippen LogP contribution in [0.5, 0.6) is 0 Å². The molecule has 0 radical (unpaired) electrons. The lowest BCUT2D eigenvalue weighted by atomic mass is 9.91. The van der Waals surface area contributed by atoms with Crippen LogP contribution in [0.2, 0.25) is 0 Å². The fraction of sp³-hybridized carbons (Fsp3) is 0.417. The van der Waals surface area contributed by atoms with E-state index >= 15 is 0 Å². The number of carbonyl (C=O) groups is 1. The molecule has 0 aromatic heterocycles. The summed E-state index contributed by atoms with van der Waals surface area (Å²) in [7, 11) is 0. The van der Waals surface area contributed by atoms with E-state index in [4.69, 9.17) is 0 Å². The fourth-order valence-electron chi connectivity index (χ4n) is 1.59. The Bertz CT molecular complexity index is 361. The molecular formula is C12H14Br2O. The van der Waals surface area contributed by atoms with Crippen LogP contribution in [0.1, 0.15) is 36.2 Å². The molecule has 0 spiro atoms. The topological polar surface area (TPSA) is 17.1 Å². The molecule has 0 saturated heterocycles. The minimum absolute atomic E-state index is 0.0150. The molecule has 0 fully saturated rings. The molecule has 1 unspecified atom stereocenters. The quantitative estimate of drug-likeness (QED) is 0.644. The summed E-state index contributed by atoms with van der Waals surface area (Å²) in [4.78, 5) is 11.7. The van der Waals surface area contributed by atoms with Crippen molar-refractivity contribution in [2.75, 3.05) is 0 Å². The summed E-state index contributed by atoms with van der Waals surface area (Å²) in [5, 5.41) is 0. The van der Waals surface area contributed by atoms with Crippen LogP contribution in [0.4, 0.5) is 0 Å². The molecule has 0 heterocycles. The molecule has 2 rings (SSSR count). The first-order valence-corrected chi connectivity index (χ1v) is 6.86. The second kappa shape index (κ2) is 5.80. The summed E-state index contributed by atoms with van der Waals surface area (Å²) in [6.07, 6.45) is 1.89. The van der Waals surface area contributed by atoms with E-state index < -0.39 is 0 Å². The summed E-state index contributed by atoms with van der Waals surface area (Å²) < 4.78 is 1.05. The maximum absolute atomic E-state index is 11.7. The zero-order chi connectivity index (χ0) is 11.4. The van der Waals surface area contributed by atoms with Gasteiger partial charge >= 0.3 is 0 Å². The van der Waals surface area contributed by atoms with Crippen molar-refractivity contribution in [1.29, 1.82) is 0 Å². The normalized spacial score (nSPS) is 18.9. The third kappa shape index (κ3) is 2.91. The van der Waals surface area contributed by atoms with Gasteiger partial charge in [0.25, 0.3) is 0 Å². The number of Topliss-reactive ketones (excluding diaryl/α,β-unsaturated/α-hetero) is 1. The van der Waals surface area contributed by atoms with Gasteiger partial charge in [-0.1, -0.05) is 45.7 Å². The lowest BCUT2D eigenvalue weighted by Crippen LogP contribution is -2.22. The number of benzene rings is 1. The van der Waals surface area contributed by atoms with Crippen LogP contribution >= 0.6 is 31.9 Å². The third-order valence-corrected chi connectivity index (χ3v) is 3.65. The predicted octanol–water partition coefficient (Wildman–Crippen LogP) is 4.37. The van der Waals surface area contributed by atoms with Gasteiger partial charge in [0.05, 0.1) is 4.83 Å². The number of fused-ring (bicyclic) bond motifs is 1. The minimum Gasteiger partial charge on any atom is -0.293 e. The van der Waals surface area contributed by atoms with Gasteiger partial charge in [-0.15, -0.1) is 0 Å². The van der Waals surface area contributed by atoms with Gasteiger partial charge in [0.2, 0.25) is 0 Å². The first-order chi connectivity index (χ1) is 7.18. The highest BCUT2D eigenvalue weighted by atomic mass is 79.9. The van der Waals surface area contributed by atoms with Crippen LogP contribution in [0, 0.1) is 0 Å². The van der Waals surface area contributed by atoms with E-state index in [0.29, 0.717) is 0 Å². The lowest BCUT2D eigenvalue weighted by molar-refractivity contribution is 0.0981. The van der Waals surface area contributed by atoms with Gasteiger partial charge in [0.15, 0.2) is 5.78 Å². The maximum atomic E-state index is 11.7. The number of carbonyl (C=O) groups excluding carboxylic acids is 1. The highest BCUT2D eigenvalue weighted by Gasteiger charge is 2.24. The van der Waals surface area contributed by atoms with E-state index in [1.807, 2.05) is 32.0 Å². The first kappa shape index (κ1) is 12.9. The van der Waals surface area contributed by atoms with Crippen molar-refractivity contribution >= 4 is 37.6 Å². The summed E-state index contributed by atoms with van der Waals surface area (Å²) >= 11 is 6.78. The molecule has 15 heavy (non-hydrogen) atoms. The highest BCUT2D eigenvalue weighted by molar-refractivity contribution is 9.10. The first-order valence-electron chi connectivity index (χ1n) is 5.15. The van der Waals surface area contributed by atoms with Gasteiger partial charge in [0.1, 0.15) is 0 Å². The molecule has 82 valence electrons. The number of ketones is 1. The highest BCUT2D eigenvalue weighted by Crippen LogP contribution is 2.27. The molecule has 1 aliphatic carbocycles. The summed E-state index contributed by atoms with van der Waals surface area (Å²) in [6.45, 7) is 4.00. The molecule has 1 aromatic carbocycles. The monoisotopic (exact) mass is 332 g/mol. The average Bonchev–Trinajstić information content (AvgIpc) is 2.26. The molecule has 1 aromatic rings. The van der Waals surface area contributed by atoms with E-state index in [2.05, 4.69) is 31.9 Å². The second-order valence-corrected chi connectivity index (χ2v) is 5.19. The Morgan fingerprint density at radius 3 is 2.67 bits per heavy atom. The van der Waals surface area contributed by atoms with Gasteiger partial charge in [-0.2, -0.15) is 0 Å². The van der Waals surface area contributed by atoms with Gasteiger partial charge < -0.3 is 0 Å². The van der Waals surface area contributed by atoms with Crippen molar-refractivity contribution in [1.82, 2.24) is 0 Å².